The number of nitrogens with zero attached hydrogens (tertiary/aromatic N) is 6. The summed E-state index contributed by atoms with van der Waals surface area (Å²) in [5.41, 5.74) is 2.42. The van der Waals surface area contributed by atoms with Crippen LogP contribution < -0.4 is 21.3 Å². The Morgan fingerprint density at radius 2 is 1.12 bits per heavy atom. The van der Waals surface area contributed by atoms with Crippen molar-refractivity contribution < 1.29 is 0 Å². The number of H-pyrrole nitrogens is 2. The van der Waals surface area contributed by atoms with Gasteiger partial charge in [-0.2, -0.15) is 9.98 Å². The van der Waals surface area contributed by atoms with Crippen molar-refractivity contribution in [3.8, 4) is 0 Å². The van der Waals surface area contributed by atoms with Gasteiger partial charge in [-0.15, -0.1) is 0 Å². The normalized spacial score (nSPS) is 21.2. The fourth-order valence-electron chi connectivity index (χ4n) is 5.35. The lowest BCUT2D eigenvalue weighted by Crippen LogP contribution is -2.61. The van der Waals surface area contributed by atoms with Gasteiger partial charge in [-0.1, -0.05) is 35.9 Å². The first-order valence-corrected chi connectivity index (χ1v) is 13.2. The maximum atomic E-state index is 6.17. The Morgan fingerprint density at radius 3 is 1.68 bits per heavy atom. The van der Waals surface area contributed by atoms with Gasteiger partial charge in [0, 0.05) is 17.4 Å². The molecule has 0 saturated carbocycles. The van der Waals surface area contributed by atoms with Gasteiger partial charge in [0.1, 0.15) is 0 Å². The van der Waals surface area contributed by atoms with E-state index in [1.165, 1.54) is 0 Å². The smallest absolute Gasteiger partial charge is 0.231 e. The average molecular weight is 561 g/mol. The van der Waals surface area contributed by atoms with E-state index in [4.69, 9.17) is 31.6 Å². The summed E-state index contributed by atoms with van der Waals surface area (Å²) in [6.07, 6.45) is 3.48. The van der Waals surface area contributed by atoms with Crippen LogP contribution in [0.2, 0.25) is 5.02 Å². The van der Waals surface area contributed by atoms with Gasteiger partial charge < -0.3 is 31.2 Å². The maximum Gasteiger partial charge on any atom is 0.231 e. The molecule has 4 aromatic heterocycles. The predicted octanol–water partition coefficient (Wildman–Crippen LogP) is 3.65. The number of nitrogens with one attached hydrogen (secondary N) is 6. The summed E-state index contributed by atoms with van der Waals surface area (Å²) in [6.45, 7) is 0. The molecule has 2 unspecified atom stereocenters. The number of aromatic amines is 2. The summed E-state index contributed by atoms with van der Waals surface area (Å²) >= 11 is 6.17. The molecule has 0 aliphatic carbocycles. The highest BCUT2D eigenvalue weighted by molar-refractivity contribution is 6.31. The van der Waals surface area contributed by atoms with Gasteiger partial charge in [-0.3, -0.25) is 9.97 Å². The number of hydrogen-bond donors (Lipinski definition) is 6. The summed E-state index contributed by atoms with van der Waals surface area (Å²) in [4.78, 5) is 34.7. The molecule has 2 saturated heterocycles. The van der Waals surface area contributed by atoms with E-state index in [1.807, 2.05) is 66.7 Å². The Hall–Kier alpha value is -5.49. The number of aliphatic imine (C=N–C) groups is 2. The SMILES string of the molecule is Clc1ccc2[nH]c(N=C3NC4(c5ccccn5)NC(=Nc5nc6ccccc6[nH]5)NC4(c4ccccn4)N3)nc2c1. The van der Waals surface area contributed by atoms with E-state index in [9.17, 15) is 0 Å². The highest BCUT2D eigenvalue weighted by atomic mass is 35.5. The molecule has 2 atom stereocenters. The monoisotopic (exact) mass is 560 g/mol. The minimum Gasteiger partial charge on any atom is -0.324 e. The van der Waals surface area contributed by atoms with E-state index in [1.54, 1.807) is 24.5 Å². The van der Waals surface area contributed by atoms with E-state index >= 15 is 0 Å². The fourth-order valence-corrected chi connectivity index (χ4v) is 5.52. The summed E-state index contributed by atoms with van der Waals surface area (Å²) in [5, 5.41) is 14.7. The number of aromatic nitrogens is 6. The Kier molecular flexibility index (Phi) is 5.00. The lowest BCUT2D eigenvalue weighted by atomic mass is 9.88. The largest absolute Gasteiger partial charge is 0.324 e. The molecule has 6 N–H and O–H groups in total. The lowest BCUT2D eigenvalue weighted by molar-refractivity contribution is 0.197. The third-order valence-electron chi connectivity index (χ3n) is 7.13. The molecule has 2 fully saturated rings. The molecule has 8 rings (SSSR count). The predicted molar refractivity (Wildman–Crippen MR) is 156 cm³/mol. The van der Waals surface area contributed by atoms with Gasteiger partial charge in [-0.05, 0) is 54.6 Å². The topological polar surface area (TPSA) is 156 Å². The minimum absolute atomic E-state index is 0.403. The molecule has 13 heteroatoms. The van der Waals surface area contributed by atoms with Crippen molar-refractivity contribution in [1.29, 1.82) is 0 Å². The van der Waals surface area contributed by atoms with Crippen LogP contribution >= 0.6 is 11.6 Å². The van der Waals surface area contributed by atoms with Crippen molar-refractivity contribution in [1.82, 2.24) is 51.2 Å². The van der Waals surface area contributed by atoms with Gasteiger partial charge in [0.05, 0.1) is 33.5 Å². The number of pyridine rings is 2. The minimum atomic E-state index is -1.10. The van der Waals surface area contributed by atoms with Crippen molar-refractivity contribution in [2.75, 3.05) is 0 Å². The first-order chi connectivity index (χ1) is 20.1. The van der Waals surface area contributed by atoms with Crippen LogP contribution in [-0.2, 0) is 11.3 Å². The average Bonchev–Trinajstić information content (AvgIpc) is 3.73. The first kappa shape index (κ1) is 23.4. The number of hydrogen-bond acceptors (Lipinski definition) is 6. The van der Waals surface area contributed by atoms with Gasteiger partial charge in [0.15, 0.2) is 0 Å². The van der Waals surface area contributed by atoms with Crippen molar-refractivity contribution in [3.63, 3.8) is 0 Å². The van der Waals surface area contributed by atoms with Crippen LogP contribution in [0.25, 0.3) is 22.1 Å². The number of imidazole rings is 2. The van der Waals surface area contributed by atoms with Crippen LogP contribution in [-0.4, -0.2) is 41.8 Å². The molecular weight excluding hydrogens is 540 g/mol. The van der Waals surface area contributed by atoms with E-state index in [0.717, 1.165) is 16.6 Å². The Labute approximate surface area is 237 Å². The van der Waals surface area contributed by atoms with Gasteiger partial charge in [0.2, 0.25) is 35.1 Å². The number of benzene rings is 2. The summed E-state index contributed by atoms with van der Waals surface area (Å²) in [6, 6.07) is 24.7. The molecule has 2 aromatic carbocycles. The van der Waals surface area contributed by atoms with E-state index in [-0.39, 0.29) is 0 Å². The quantitative estimate of drug-likeness (QED) is 0.191. The zero-order chi connectivity index (χ0) is 27.4. The Bertz CT molecular complexity index is 1890. The lowest BCUT2D eigenvalue weighted by Gasteiger charge is -2.36. The summed E-state index contributed by atoms with van der Waals surface area (Å²) in [7, 11) is 0. The molecule has 2 aliphatic rings. The molecule has 41 heavy (non-hydrogen) atoms. The zero-order valence-corrected chi connectivity index (χ0v) is 22.0. The van der Waals surface area contributed by atoms with Crippen molar-refractivity contribution >= 4 is 57.5 Å². The molecule has 0 radical (unpaired) electrons. The Morgan fingerprint density at radius 1 is 0.585 bits per heavy atom. The molecular formula is C28H21ClN12. The van der Waals surface area contributed by atoms with Crippen LogP contribution in [0.1, 0.15) is 11.4 Å². The number of guanidine groups is 2. The van der Waals surface area contributed by atoms with Gasteiger partial charge in [-0.25, -0.2) is 9.97 Å². The zero-order valence-electron chi connectivity index (χ0n) is 21.2. The van der Waals surface area contributed by atoms with E-state index < -0.39 is 11.3 Å². The second-order valence-electron chi connectivity index (χ2n) is 9.65. The van der Waals surface area contributed by atoms with Crippen LogP contribution in [0.15, 0.2) is 101 Å². The molecule has 200 valence electrons. The molecule has 2 aliphatic heterocycles. The number of fused-ring (bicyclic) bond motifs is 3. The van der Waals surface area contributed by atoms with Crippen LogP contribution in [0, 0.1) is 0 Å². The van der Waals surface area contributed by atoms with Crippen molar-refractivity contribution in [3.05, 3.63) is 108 Å². The van der Waals surface area contributed by atoms with Gasteiger partial charge in [0.25, 0.3) is 0 Å². The fraction of sp³-hybridized carbons (Fsp3) is 0.0714. The maximum absolute atomic E-state index is 6.17. The highest BCUT2D eigenvalue weighted by Crippen LogP contribution is 2.42. The molecule has 6 heterocycles. The Balaban J connectivity index is 1.28. The van der Waals surface area contributed by atoms with Gasteiger partial charge >= 0.3 is 0 Å². The van der Waals surface area contributed by atoms with Crippen LogP contribution in [0.4, 0.5) is 11.9 Å². The molecule has 0 spiro atoms. The molecule has 6 aromatic rings. The highest BCUT2D eigenvalue weighted by Gasteiger charge is 2.67. The standard InChI is InChI=1S/C28H21ClN12/c29-16-11-12-19-20(15-16)35-24(34-19)37-26-40-27(21-9-3-5-13-30-21)28(41-26,22-10-4-6-14-31-22)39-25(38-27)36-23-32-17-7-1-2-8-18(17)33-23/h1-15H,(H3,32,33,36,38,39)(H3,34,35,37,40,41). The third-order valence-corrected chi connectivity index (χ3v) is 7.36. The molecule has 0 amide bonds. The van der Waals surface area contributed by atoms with E-state index in [2.05, 4.69) is 41.2 Å². The van der Waals surface area contributed by atoms with Crippen molar-refractivity contribution in [2.45, 2.75) is 11.3 Å². The number of rotatable bonds is 4. The number of halogens is 1. The van der Waals surface area contributed by atoms with Crippen LogP contribution in [0.5, 0.6) is 0 Å². The van der Waals surface area contributed by atoms with Crippen LogP contribution in [0.3, 0.4) is 0 Å². The number of para-hydroxylation sites is 2. The molecule has 12 nitrogen and oxygen atoms in total. The second-order valence-corrected chi connectivity index (χ2v) is 10.1. The molecule has 0 bridgehead atoms. The van der Waals surface area contributed by atoms with E-state index in [0.29, 0.717) is 45.7 Å². The summed E-state index contributed by atoms with van der Waals surface area (Å²) < 4.78 is 0. The second kappa shape index (κ2) is 8.76. The van der Waals surface area contributed by atoms with Crippen molar-refractivity contribution in [2.24, 2.45) is 9.98 Å². The summed E-state index contributed by atoms with van der Waals surface area (Å²) in [5.74, 6) is 1.75. The third kappa shape index (κ3) is 3.68. The first-order valence-electron chi connectivity index (χ1n) is 12.8.